The molecule has 0 radical (unpaired) electrons. The first-order valence-electron chi connectivity index (χ1n) is 3.94. The maximum absolute atomic E-state index is 8.63. The quantitative estimate of drug-likeness (QED) is 0.243. The van der Waals surface area contributed by atoms with Crippen LogP contribution in [0.2, 0.25) is 0 Å². The minimum atomic E-state index is -4.92. The van der Waals surface area contributed by atoms with Crippen molar-refractivity contribution in [2.45, 2.75) is 0 Å². The Hall–Kier alpha value is -1.64. The maximum Gasteiger partial charge on any atom is 0.270 e. The van der Waals surface area contributed by atoms with E-state index in [1.54, 1.807) is 7.11 Å². The highest BCUT2D eigenvalue weighted by Gasteiger charge is 1.99. The molecule has 0 aliphatic carbocycles. The summed E-state index contributed by atoms with van der Waals surface area (Å²) in [4.78, 5) is 0. The molecular formula is C8H12N2O5S. The third-order valence-electron chi connectivity index (χ3n) is 1.42. The standard InChI is InChI=1S/C8H10N2O.H2O4S/c1-11-7-4-2-6(3-5-7)8(9)10;1-5(2,3)4/h2-5H,1H3,(H3,9,10);(H2,1,2,3,4). The second kappa shape index (κ2) is 6.05. The van der Waals surface area contributed by atoms with Crippen molar-refractivity contribution in [2.75, 3.05) is 7.11 Å². The van der Waals surface area contributed by atoms with Crippen LogP contribution in [-0.2, 0) is 10.4 Å². The number of methoxy groups -OCH3 is 1. The number of hydrogen-bond acceptors (Lipinski definition) is 4. The van der Waals surface area contributed by atoms with Crippen molar-refractivity contribution < 1.29 is 27.7 Å². The SMILES string of the molecule is COc1ccc(C(N)=[NH2+])cc1.O=S(=O)([O-])O. The minimum Gasteiger partial charge on any atom is -0.726 e. The Morgan fingerprint density at radius 1 is 1.44 bits per heavy atom. The smallest absolute Gasteiger partial charge is 0.270 e. The van der Waals surface area contributed by atoms with Gasteiger partial charge in [0.2, 0.25) is 10.4 Å². The molecule has 0 saturated heterocycles. The predicted octanol–water partition coefficient (Wildman–Crippen LogP) is -1.84. The molecule has 1 rings (SSSR count). The zero-order chi connectivity index (χ0) is 12.8. The number of rotatable bonds is 2. The molecule has 0 bridgehead atoms. The van der Waals surface area contributed by atoms with Gasteiger partial charge in [-0.1, -0.05) is 0 Å². The Labute approximate surface area is 92.9 Å². The zero-order valence-electron chi connectivity index (χ0n) is 8.45. The van der Waals surface area contributed by atoms with Crippen LogP contribution in [0.1, 0.15) is 5.56 Å². The Bertz CT molecular complexity index is 432. The van der Waals surface area contributed by atoms with Crippen LogP contribution >= 0.6 is 0 Å². The van der Waals surface area contributed by atoms with Gasteiger partial charge in [0.25, 0.3) is 5.84 Å². The fourth-order valence-corrected chi connectivity index (χ4v) is 0.783. The first-order valence-corrected chi connectivity index (χ1v) is 5.31. The van der Waals surface area contributed by atoms with Gasteiger partial charge < -0.3 is 9.29 Å². The van der Waals surface area contributed by atoms with Gasteiger partial charge in [-0.25, -0.2) is 8.42 Å². The molecule has 1 aromatic rings. The molecule has 1 aromatic carbocycles. The highest BCUT2D eigenvalue weighted by molar-refractivity contribution is 7.79. The van der Waals surface area contributed by atoms with Gasteiger partial charge in [-0.2, -0.15) is 0 Å². The van der Waals surface area contributed by atoms with Crippen LogP contribution in [0.5, 0.6) is 5.75 Å². The molecule has 90 valence electrons. The summed E-state index contributed by atoms with van der Waals surface area (Å²) in [5.41, 5.74) is 6.18. The van der Waals surface area contributed by atoms with Crippen molar-refractivity contribution in [1.29, 1.82) is 0 Å². The van der Waals surface area contributed by atoms with Gasteiger partial charge in [-0.3, -0.25) is 15.7 Å². The summed E-state index contributed by atoms with van der Waals surface area (Å²) in [7, 11) is -3.30. The molecule has 0 amide bonds. The summed E-state index contributed by atoms with van der Waals surface area (Å²) in [6.45, 7) is 0. The van der Waals surface area contributed by atoms with Gasteiger partial charge in [-0.05, 0) is 24.3 Å². The largest absolute Gasteiger partial charge is 0.726 e. The van der Waals surface area contributed by atoms with E-state index in [1.807, 2.05) is 24.3 Å². The Balaban J connectivity index is 0.000000385. The van der Waals surface area contributed by atoms with Gasteiger partial charge in [-0.15, -0.1) is 0 Å². The van der Waals surface area contributed by atoms with Crippen LogP contribution in [0.15, 0.2) is 24.3 Å². The van der Waals surface area contributed by atoms with E-state index in [4.69, 9.17) is 33.4 Å². The molecule has 0 aliphatic rings. The van der Waals surface area contributed by atoms with Gasteiger partial charge >= 0.3 is 0 Å². The van der Waals surface area contributed by atoms with Crippen LogP contribution in [0.3, 0.4) is 0 Å². The van der Waals surface area contributed by atoms with Crippen molar-refractivity contribution >= 4 is 16.2 Å². The van der Waals surface area contributed by atoms with E-state index >= 15 is 0 Å². The fraction of sp³-hybridized carbons (Fsp3) is 0.125. The lowest BCUT2D eigenvalue weighted by Gasteiger charge is -1.98. The molecule has 0 aliphatic heterocycles. The topological polar surface area (TPSA) is 138 Å². The third kappa shape index (κ3) is 7.74. The molecule has 8 heteroatoms. The maximum atomic E-state index is 8.63. The van der Waals surface area contributed by atoms with Gasteiger partial charge in [0.05, 0.1) is 12.7 Å². The van der Waals surface area contributed by atoms with Crippen molar-refractivity contribution in [1.82, 2.24) is 0 Å². The first-order chi connectivity index (χ1) is 7.24. The summed E-state index contributed by atoms with van der Waals surface area (Å²) in [6.07, 6.45) is 0. The fourth-order valence-electron chi connectivity index (χ4n) is 0.783. The lowest BCUT2D eigenvalue weighted by atomic mass is 10.2. The molecule has 5 N–H and O–H groups in total. The summed E-state index contributed by atoms with van der Waals surface area (Å²) in [5.74, 6) is 1.13. The highest BCUT2D eigenvalue weighted by Crippen LogP contribution is 2.09. The Morgan fingerprint density at radius 2 is 1.81 bits per heavy atom. The number of amidine groups is 1. The molecular weight excluding hydrogens is 236 g/mol. The molecule has 0 aromatic heterocycles. The monoisotopic (exact) mass is 248 g/mol. The van der Waals surface area contributed by atoms with Gasteiger partial charge in [0.15, 0.2) is 0 Å². The molecule has 0 unspecified atom stereocenters. The van der Waals surface area contributed by atoms with Crippen LogP contribution in [0, 0.1) is 0 Å². The first kappa shape index (κ1) is 14.4. The average Bonchev–Trinajstić information content (AvgIpc) is 2.15. The van der Waals surface area contributed by atoms with E-state index in [2.05, 4.69) is 0 Å². The van der Waals surface area contributed by atoms with Crippen molar-refractivity contribution in [2.24, 2.45) is 5.73 Å². The lowest BCUT2D eigenvalue weighted by molar-refractivity contribution is -0.114. The number of ether oxygens (including phenoxy) is 1. The Morgan fingerprint density at radius 3 is 2.06 bits per heavy atom. The van der Waals surface area contributed by atoms with Crippen molar-refractivity contribution in [3.05, 3.63) is 29.8 Å². The average molecular weight is 248 g/mol. The molecule has 0 spiro atoms. The number of benzene rings is 1. The van der Waals surface area contributed by atoms with Gasteiger partial charge in [0, 0.05) is 0 Å². The van der Waals surface area contributed by atoms with E-state index in [1.165, 1.54) is 0 Å². The molecule has 16 heavy (non-hydrogen) atoms. The number of nitrogens with two attached hydrogens (primary N) is 2. The summed E-state index contributed by atoms with van der Waals surface area (Å²) in [6, 6.07) is 7.26. The molecule has 0 fully saturated rings. The van der Waals surface area contributed by atoms with Crippen molar-refractivity contribution in [3.8, 4) is 5.75 Å². The Kier molecular flexibility index (Phi) is 5.43. The second-order valence-electron chi connectivity index (χ2n) is 2.61. The van der Waals surface area contributed by atoms with Gasteiger partial charge in [0.1, 0.15) is 5.75 Å². The third-order valence-corrected chi connectivity index (χ3v) is 1.42. The van der Waals surface area contributed by atoms with E-state index in [0.29, 0.717) is 5.84 Å². The minimum absolute atomic E-state index is 0.327. The molecule has 0 atom stereocenters. The van der Waals surface area contributed by atoms with E-state index in [0.717, 1.165) is 11.3 Å². The second-order valence-corrected chi connectivity index (χ2v) is 3.47. The van der Waals surface area contributed by atoms with Crippen LogP contribution in [0.4, 0.5) is 0 Å². The van der Waals surface area contributed by atoms with E-state index < -0.39 is 10.4 Å². The normalized spacial score (nSPS) is 9.94. The number of hydrogen-bond donors (Lipinski definition) is 3. The molecule has 0 heterocycles. The van der Waals surface area contributed by atoms with E-state index in [-0.39, 0.29) is 0 Å². The summed E-state index contributed by atoms with van der Waals surface area (Å²) < 4.78 is 37.8. The molecule has 7 nitrogen and oxygen atoms in total. The van der Waals surface area contributed by atoms with Crippen LogP contribution in [-0.4, -0.2) is 30.5 Å². The lowest BCUT2D eigenvalue weighted by Crippen LogP contribution is -2.46. The van der Waals surface area contributed by atoms with E-state index in [9.17, 15) is 0 Å². The van der Waals surface area contributed by atoms with Crippen LogP contribution < -0.4 is 15.9 Å². The summed E-state index contributed by atoms with van der Waals surface area (Å²) in [5, 5.41) is 5.36. The van der Waals surface area contributed by atoms with Crippen LogP contribution in [0.25, 0.3) is 0 Å². The zero-order valence-corrected chi connectivity index (χ0v) is 9.27. The molecule has 0 saturated carbocycles. The highest BCUT2D eigenvalue weighted by atomic mass is 32.3. The predicted molar refractivity (Wildman–Crippen MR) is 55.5 cm³/mol. The summed E-state index contributed by atoms with van der Waals surface area (Å²) >= 11 is 0. The van der Waals surface area contributed by atoms with Crippen molar-refractivity contribution in [3.63, 3.8) is 0 Å².